The molecule has 13 heavy (non-hydrogen) atoms. The lowest BCUT2D eigenvalue weighted by Gasteiger charge is -2.20. The number of aliphatic carboxylic acids is 2. The van der Waals surface area contributed by atoms with Crippen LogP contribution in [0.25, 0.3) is 0 Å². The van der Waals surface area contributed by atoms with Gasteiger partial charge in [-0.25, -0.2) is 0 Å². The second-order valence-electron chi connectivity index (χ2n) is 3.52. The summed E-state index contributed by atoms with van der Waals surface area (Å²) in [7, 11) is 0. The molecule has 5 nitrogen and oxygen atoms in total. The van der Waals surface area contributed by atoms with Crippen LogP contribution in [0, 0.1) is 11.8 Å². The van der Waals surface area contributed by atoms with Crippen molar-refractivity contribution in [1.82, 2.24) is 0 Å². The Morgan fingerprint density at radius 1 is 1.00 bits per heavy atom. The summed E-state index contributed by atoms with van der Waals surface area (Å²) in [5.74, 6) is -3.81. The van der Waals surface area contributed by atoms with Gasteiger partial charge in [0.05, 0.1) is 24.0 Å². The summed E-state index contributed by atoms with van der Waals surface area (Å²) >= 11 is 0. The van der Waals surface area contributed by atoms with Gasteiger partial charge >= 0.3 is 11.9 Å². The first-order chi connectivity index (χ1) is 6.11. The molecule has 2 aliphatic heterocycles. The van der Waals surface area contributed by atoms with Gasteiger partial charge in [0.25, 0.3) is 0 Å². The van der Waals surface area contributed by atoms with Crippen molar-refractivity contribution in [1.29, 1.82) is 0 Å². The van der Waals surface area contributed by atoms with Crippen LogP contribution in [0.5, 0.6) is 0 Å². The van der Waals surface area contributed by atoms with E-state index >= 15 is 0 Å². The van der Waals surface area contributed by atoms with Gasteiger partial charge < -0.3 is 14.9 Å². The topological polar surface area (TPSA) is 83.8 Å². The van der Waals surface area contributed by atoms with Crippen LogP contribution >= 0.6 is 0 Å². The molecule has 0 aliphatic carbocycles. The lowest BCUT2D eigenvalue weighted by molar-refractivity contribution is -0.154. The fraction of sp³-hybridized carbons (Fsp3) is 0.750. The molecule has 0 aromatic heterocycles. The molecule has 2 aliphatic rings. The van der Waals surface area contributed by atoms with E-state index in [-0.39, 0.29) is 12.2 Å². The number of fused-ring (bicyclic) bond motifs is 2. The monoisotopic (exact) mass is 186 g/mol. The van der Waals surface area contributed by atoms with E-state index in [4.69, 9.17) is 14.9 Å². The molecule has 0 saturated carbocycles. The molecule has 0 aromatic carbocycles. The van der Waals surface area contributed by atoms with Crippen molar-refractivity contribution in [3.05, 3.63) is 0 Å². The molecular formula is C8H10O5. The number of rotatable bonds is 2. The molecule has 0 amide bonds. The van der Waals surface area contributed by atoms with E-state index in [1.165, 1.54) is 0 Å². The van der Waals surface area contributed by atoms with Crippen LogP contribution in [0.4, 0.5) is 0 Å². The van der Waals surface area contributed by atoms with Crippen molar-refractivity contribution >= 4 is 11.9 Å². The van der Waals surface area contributed by atoms with Gasteiger partial charge in [-0.15, -0.1) is 0 Å². The van der Waals surface area contributed by atoms with Crippen molar-refractivity contribution < 1.29 is 24.5 Å². The second-order valence-corrected chi connectivity index (χ2v) is 3.52. The van der Waals surface area contributed by atoms with Gasteiger partial charge in [-0.2, -0.15) is 0 Å². The second kappa shape index (κ2) is 2.70. The van der Waals surface area contributed by atoms with Crippen molar-refractivity contribution in [2.75, 3.05) is 0 Å². The fourth-order valence-corrected chi connectivity index (χ4v) is 2.31. The maximum absolute atomic E-state index is 10.8. The van der Waals surface area contributed by atoms with Gasteiger partial charge in [0.15, 0.2) is 0 Å². The lowest BCUT2D eigenvalue weighted by atomic mass is 9.79. The van der Waals surface area contributed by atoms with Crippen LogP contribution in [0.3, 0.4) is 0 Å². The molecule has 0 spiro atoms. The molecule has 0 aromatic rings. The van der Waals surface area contributed by atoms with Crippen LogP contribution in [-0.4, -0.2) is 34.4 Å². The van der Waals surface area contributed by atoms with E-state index in [2.05, 4.69) is 0 Å². The molecule has 2 rings (SSSR count). The Morgan fingerprint density at radius 2 is 1.38 bits per heavy atom. The molecule has 2 bridgehead atoms. The zero-order valence-corrected chi connectivity index (χ0v) is 6.84. The highest BCUT2D eigenvalue weighted by Crippen LogP contribution is 2.43. The van der Waals surface area contributed by atoms with Crippen LogP contribution in [0.1, 0.15) is 12.8 Å². The Hall–Kier alpha value is -1.10. The van der Waals surface area contributed by atoms with Gasteiger partial charge in [-0.1, -0.05) is 0 Å². The van der Waals surface area contributed by atoms with E-state index < -0.39 is 23.8 Å². The standard InChI is InChI=1S/C8H10O5/c9-7(10)5-3-1-2-4(13-3)6(5)8(11)12/h3-6H,1-2H2,(H,9,10)(H,11,12)/t3-,4-,5+,6+/m1/s1. The summed E-state index contributed by atoms with van der Waals surface area (Å²) in [6.45, 7) is 0. The average molecular weight is 186 g/mol. The highest BCUT2D eigenvalue weighted by atomic mass is 16.5. The number of carbonyl (C=O) groups is 2. The zero-order chi connectivity index (χ0) is 9.59. The summed E-state index contributed by atoms with van der Waals surface area (Å²) in [5, 5.41) is 17.6. The Kier molecular flexibility index (Phi) is 1.76. The molecule has 2 fully saturated rings. The number of hydrogen-bond acceptors (Lipinski definition) is 3. The molecular weight excluding hydrogens is 176 g/mol. The Morgan fingerprint density at radius 3 is 1.69 bits per heavy atom. The van der Waals surface area contributed by atoms with Gasteiger partial charge in [0.2, 0.25) is 0 Å². The van der Waals surface area contributed by atoms with Crippen molar-refractivity contribution in [2.24, 2.45) is 11.8 Å². The first kappa shape index (κ1) is 8.50. The maximum Gasteiger partial charge on any atom is 0.310 e. The summed E-state index contributed by atoms with van der Waals surface area (Å²) in [6, 6.07) is 0. The molecule has 4 atom stereocenters. The molecule has 2 heterocycles. The van der Waals surface area contributed by atoms with Gasteiger partial charge in [0, 0.05) is 0 Å². The Labute approximate surface area is 74.3 Å². The zero-order valence-electron chi connectivity index (χ0n) is 6.84. The molecule has 5 heteroatoms. The molecule has 2 N–H and O–H groups in total. The van der Waals surface area contributed by atoms with Crippen molar-refractivity contribution in [3.8, 4) is 0 Å². The van der Waals surface area contributed by atoms with Crippen molar-refractivity contribution in [3.63, 3.8) is 0 Å². The van der Waals surface area contributed by atoms with E-state index in [0.29, 0.717) is 12.8 Å². The Balaban J connectivity index is 2.24. The number of hydrogen-bond donors (Lipinski definition) is 2. The number of ether oxygens (including phenoxy) is 1. The largest absolute Gasteiger partial charge is 0.481 e. The minimum absolute atomic E-state index is 0.386. The SMILES string of the molecule is O=C(O)[C@@H]1[C@@H](C(=O)O)[C@H]2CC[C@H]1O2. The molecule has 0 unspecified atom stereocenters. The molecule has 2 saturated heterocycles. The lowest BCUT2D eigenvalue weighted by Crippen LogP contribution is -2.38. The highest BCUT2D eigenvalue weighted by Gasteiger charge is 2.55. The predicted octanol–water partition coefficient (Wildman–Crippen LogP) is -0.0508. The van der Waals surface area contributed by atoms with Crippen LogP contribution in [-0.2, 0) is 14.3 Å². The summed E-state index contributed by atoms with van der Waals surface area (Å²) in [5.41, 5.74) is 0. The Bertz CT molecular complexity index is 235. The van der Waals surface area contributed by atoms with Crippen LogP contribution in [0.2, 0.25) is 0 Å². The van der Waals surface area contributed by atoms with Gasteiger partial charge in [-0.3, -0.25) is 9.59 Å². The highest BCUT2D eigenvalue weighted by molar-refractivity contribution is 5.82. The summed E-state index contributed by atoms with van der Waals surface area (Å²) in [4.78, 5) is 21.5. The first-order valence-corrected chi connectivity index (χ1v) is 4.22. The fourth-order valence-electron chi connectivity index (χ4n) is 2.31. The van der Waals surface area contributed by atoms with E-state index in [9.17, 15) is 9.59 Å². The van der Waals surface area contributed by atoms with E-state index in [1.807, 2.05) is 0 Å². The minimum Gasteiger partial charge on any atom is -0.481 e. The molecule has 72 valence electrons. The summed E-state index contributed by atoms with van der Waals surface area (Å²) < 4.78 is 5.26. The van der Waals surface area contributed by atoms with E-state index in [0.717, 1.165) is 0 Å². The maximum atomic E-state index is 10.8. The van der Waals surface area contributed by atoms with E-state index in [1.54, 1.807) is 0 Å². The molecule has 0 radical (unpaired) electrons. The minimum atomic E-state index is -1.06. The predicted molar refractivity (Wildman–Crippen MR) is 40.1 cm³/mol. The third kappa shape index (κ3) is 1.11. The quantitative estimate of drug-likeness (QED) is 0.631. The van der Waals surface area contributed by atoms with Crippen LogP contribution in [0.15, 0.2) is 0 Å². The van der Waals surface area contributed by atoms with Crippen molar-refractivity contribution in [2.45, 2.75) is 25.0 Å². The average Bonchev–Trinajstić information content (AvgIpc) is 2.60. The smallest absolute Gasteiger partial charge is 0.310 e. The number of carboxylic acid groups (broad SMARTS) is 2. The third-order valence-corrected chi connectivity index (χ3v) is 2.84. The van der Waals surface area contributed by atoms with Crippen LogP contribution < -0.4 is 0 Å². The van der Waals surface area contributed by atoms with Gasteiger partial charge in [0.1, 0.15) is 0 Å². The first-order valence-electron chi connectivity index (χ1n) is 4.22. The number of carboxylic acids is 2. The third-order valence-electron chi connectivity index (χ3n) is 2.84. The van der Waals surface area contributed by atoms with Gasteiger partial charge in [-0.05, 0) is 12.8 Å². The normalized spacial score (nSPS) is 42.2. The summed E-state index contributed by atoms with van der Waals surface area (Å²) in [6.07, 6.45) is 0.573.